The summed E-state index contributed by atoms with van der Waals surface area (Å²) in [5.41, 5.74) is 0.822. The van der Waals surface area contributed by atoms with E-state index in [2.05, 4.69) is 9.80 Å². The van der Waals surface area contributed by atoms with Crippen molar-refractivity contribution in [2.24, 2.45) is 0 Å². The number of likely N-dealkylation sites (tertiary alicyclic amines) is 1. The van der Waals surface area contributed by atoms with Gasteiger partial charge in [0.15, 0.2) is 0 Å². The summed E-state index contributed by atoms with van der Waals surface area (Å²) in [5.74, 6) is 0.515. The quantitative estimate of drug-likeness (QED) is 0.509. The minimum atomic E-state index is -4.40. The first kappa shape index (κ1) is 26.1. The van der Waals surface area contributed by atoms with Crippen LogP contribution >= 0.6 is 36.4 Å². The number of ether oxygens (including phenoxy) is 1. The molecule has 2 aliphatic rings. The molecule has 0 bridgehead atoms. The fourth-order valence-corrected chi connectivity index (χ4v) is 4.35. The third-order valence-electron chi connectivity index (χ3n) is 5.72. The van der Waals surface area contributed by atoms with E-state index in [4.69, 9.17) is 16.3 Å². The van der Waals surface area contributed by atoms with E-state index >= 15 is 0 Å². The molecule has 0 N–H and O–H groups in total. The molecule has 9 heteroatoms. The van der Waals surface area contributed by atoms with Crippen molar-refractivity contribution in [2.75, 3.05) is 39.3 Å². The summed E-state index contributed by atoms with van der Waals surface area (Å²) in [6.07, 6.45) is -1.98. The van der Waals surface area contributed by atoms with Gasteiger partial charge in [-0.15, -0.1) is 24.8 Å². The van der Waals surface area contributed by atoms with Crippen LogP contribution in [0.3, 0.4) is 0 Å². The average molecular weight is 498 g/mol. The molecule has 0 spiro atoms. The molecule has 2 aliphatic heterocycles. The van der Waals surface area contributed by atoms with Gasteiger partial charge in [0, 0.05) is 30.2 Å². The van der Waals surface area contributed by atoms with Crippen LogP contribution < -0.4 is 4.74 Å². The van der Waals surface area contributed by atoms with Gasteiger partial charge in [-0.1, -0.05) is 23.7 Å². The number of fused-ring (bicyclic) bond motifs is 1. The van der Waals surface area contributed by atoms with Crippen molar-refractivity contribution in [3.05, 3.63) is 64.2 Å². The van der Waals surface area contributed by atoms with Crippen LogP contribution in [0.15, 0.2) is 42.5 Å². The number of halogens is 6. The fourth-order valence-electron chi connectivity index (χ4n) is 4.22. The summed E-state index contributed by atoms with van der Waals surface area (Å²) in [6, 6.07) is 10.8. The van der Waals surface area contributed by atoms with Crippen molar-refractivity contribution in [2.45, 2.75) is 25.1 Å². The number of hydrogen-bond acceptors (Lipinski definition) is 3. The van der Waals surface area contributed by atoms with Crippen LogP contribution in [0.2, 0.25) is 5.02 Å². The summed E-state index contributed by atoms with van der Waals surface area (Å²) < 4.78 is 46.1. The summed E-state index contributed by atoms with van der Waals surface area (Å²) in [4.78, 5) is 4.64. The SMILES string of the molecule is Cl.Cl.FC(F)(F)c1ccc2c(c1)C(c1ccc(Cl)cc1)N(CCN1CCCC1)CCO2. The Morgan fingerprint density at radius 2 is 1.61 bits per heavy atom. The first-order valence-corrected chi connectivity index (χ1v) is 10.4. The van der Waals surface area contributed by atoms with Crippen LogP contribution in [0.25, 0.3) is 0 Å². The van der Waals surface area contributed by atoms with E-state index in [0.717, 1.165) is 37.8 Å². The Labute approximate surface area is 198 Å². The predicted octanol–water partition coefficient (Wildman–Crippen LogP) is 6.08. The van der Waals surface area contributed by atoms with E-state index in [0.29, 0.717) is 29.5 Å². The van der Waals surface area contributed by atoms with Gasteiger partial charge in [0.1, 0.15) is 12.4 Å². The lowest BCUT2D eigenvalue weighted by molar-refractivity contribution is -0.137. The Balaban J connectivity index is 0.00000171. The summed E-state index contributed by atoms with van der Waals surface area (Å²) >= 11 is 6.06. The highest BCUT2D eigenvalue weighted by atomic mass is 35.5. The van der Waals surface area contributed by atoms with Crippen LogP contribution in [0.5, 0.6) is 5.75 Å². The Hall–Kier alpha value is -1.18. The number of nitrogens with zero attached hydrogens (tertiary/aromatic N) is 2. The Kier molecular flexibility index (Phi) is 9.34. The maximum absolute atomic E-state index is 13.4. The minimum Gasteiger partial charge on any atom is -0.492 e. The maximum Gasteiger partial charge on any atom is 0.416 e. The van der Waals surface area contributed by atoms with E-state index in [-0.39, 0.29) is 30.9 Å². The Morgan fingerprint density at radius 3 is 2.26 bits per heavy atom. The highest BCUT2D eigenvalue weighted by Gasteiger charge is 2.35. The first-order valence-electron chi connectivity index (χ1n) is 9.97. The molecule has 1 unspecified atom stereocenters. The summed E-state index contributed by atoms with van der Waals surface area (Å²) in [5, 5.41) is 0.603. The molecule has 2 aromatic carbocycles. The van der Waals surface area contributed by atoms with Gasteiger partial charge in [-0.05, 0) is 61.8 Å². The maximum atomic E-state index is 13.4. The van der Waals surface area contributed by atoms with Gasteiger partial charge >= 0.3 is 6.18 Å². The third-order valence-corrected chi connectivity index (χ3v) is 5.97. The first-order chi connectivity index (χ1) is 13.9. The van der Waals surface area contributed by atoms with Crippen molar-refractivity contribution in [3.63, 3.8) is 0 Å². The molecule has 3 nitrogen and oxygen atoms in total. The van der Waals surface area contributed by atoms with Gasteiger partial charge in [0.2, 0.25) is 0 Å². The second-order valence-electron chi connectivity index (χ2n) is 7.64. The van der Waals surface area contributed by atoms with E-state index < -0.39 is 11.7 Å². The van der Waals surface area contributed by atoms with Gasteiger partial charge in [0.25, 0.3) is 0 Å². The number of rotatable bonds is 4. The summed E-state index contributed by atoms with van der Waals surface area (Å²) in [7, 11) is 0. The molecule has 1 saturated heterocycles. The molecule has 0 radical (unpaired) electrons. The average Bonchev–Trinajstić information content (AvgIpc) is 3.14. The number of alkyl halides is 3. The van der Waals surface area contributed by atoms with Crippen LogP contribution in [0, 0.1) is 0 Å². The fraction of sp³-hybridized carbons (Fsp3) is 0.455. The van der Waals surface area contributed by atoms with E-state index in [1.165, 1.54) is 25.0 Å². The number of hydrogen-bond donors (Lipinski definition) is 0. The van der Waals surface area contributed by atoms with Crippen LogP contribution in [-0.2, 0) is 6.18 Å². The molecule has 172 valence electrons. The zero-order valence-corrected chi connectivity index (χ0v) is 19.3. The van der Waals surface area contributed by atoms with Crippen molar-refractivity contribution in [1.82, 2.24) is 9.80 Å². The Bertz CT molecular complexity index is 843. The van der Waals surface area contributed by atoms with Gasteiger partial charge in [-0.3, -0.25) is 4.90 Å². The van der Waals surface area contributed by atoms with Gasteiger partial charge < -0.3 is 9.64 Å². The molecule has 0 amide bonds. The monoisotopic (exact) mass is 496 g/mol. The normalized spacial score (nSPS) is 19.5. The van der Waals surface area contributed by atoms with Gasteiger partial charge in [-0.25, -0.2) is 0 Å². The molecular weight excluding hydrogens is 472 g/mol. The van der Waals surface area contributed by atoms with Crippen LogP contribution in [0.1, 0.15) is 35.6 Å². The third kappa shape index (κ3) is 6.20. The molecule has 31 heavy (non-hydrogen) atoms. The second-order valence-corrected chi connectivity index (χ2v) is 8.07. The minimum absolute atomic E-state index is 0. The lowest BCUT2D eigenvalue weighted by Gasteiger charge is -2.32. The zero-order chi connectivity index (χ0) is 20.4. The molecular formula is C22H26Cl3F3N2O. The van der Waals surface area contributed by atoms with Crippen LogP contribution in [-0.4, -0.2) is 49.1 Å². The molecule has 1 fully saturated rings. The lowest BCUT2D eigenvalue weighted by Crippen LogP contribution is -2.38. The van der Waals surface area contributed by atoms with E-state index in [9.17, 15) is 13.2 Å². The largest absolute Gasteiger partial charge is 0.492 e. The topological polar surface area (TPSA) is 15.7 Å². The van der Waals surface area contributed by atoms with Gasteiger partial charge in [-0.2, -0.15) is 13.2 Å². The van der Waals surface area contributed by atoms with Crippen molar-refractivity contribution in [1.29, 1.82) is 0 Å². The van der Waals surface area contributed by atoms with Crippen molar-refractivity contribution >= 4 is 36.4 Å². The van der Waals surface area contributed by atoms with E-state index in [1.807, 2.05) is 12.1 Å². The molecule has 2 heterocycles. The highest BCUT2D eigenvalue weighted by molar-refractivity contribution is 6.30. The molecule has 0 saturated carbocycles. The smallest absolute Gasteiger partial charge is 0.416 e. The molecule has 4 rings (SSSR count). The van der Waals surface area contributed by atoms with Crippen molar-refractivity contribution in [3.8, 4) is 5.75 Å². The molecule has 2 aromatic rings. The molecule has 0 aromatic heterocycles. The summed E-state index contributed by atoms with van der Waals surface area (Å²) in [6.45, 7) is 4.94. The predicted molar refractivity (Wildman–Crippen MR) is 122 cm³/mol. The standard InChI is InChI=1S/C22H24ClF3N2O.2ClH/c23-18-6-3-16(4-7-18)21-19-15-17(22(24,25)26)5-8-20(19)29-14-13-28(21)12-11-27-9-1-2-10-27;;/h3-8,15,21H,1-2,9-14H2;2*1H. The molecule has 1 atom stereocenters. The van der Waals surface area contributed by atoms with E-state index in [1.54, 1.807) is 12.1 Å². The lowest BCUT2D eigenvalue weighted by atomic mass is 9.94. The van der Waals surface area contributed by atoms with Crippen molar-refractivity contribution < 1.29 is 17.9 Å². The second kappa shape index (κ2) is 11.1. The Morgan fingerprint density at radius 1 is 0.935 bits per heavy atom. The number of benzene rings is 2. The van der Waals surface area contributed by atoms with Crippen LogP contribution in [0.4, 0.5) is 13.2 Å². The zero-order valence-electron chi connectivity index (χ0n) is 16.9. The highest BCUT2D eigenvalue weighted by Crippen LogP contribution is 2.40. The molecule has 0 aliphatic carbocycles. The van der Waals surface area contributed by atoms with Gasteiger partial charge in [0.05, 0.1) is 11.6 Å².